The Morgan fingerprint density at radius 2 is 2.29 bits per heavy atom. The van der Waals surface area contributed by atoms with E-state index in [4.69, 9.17) is 0 Å². The number of allylic oxidation sites excluding steroid dienone is 1. The van der Waals surface area contributed by atoms with Crippen LogP contribution in [0.3, 0.4) is 0 Å². The van der Waals surface area contributed by atoms with Crippen LogP contribution in [-0.4, -0.2) is 13.1 Å². The van der Waals surface area contributed by atoms with Crippen molar-refractivity contribution in [3.8, 4) is 0 Å². The zero-order valence-electron chi connectivity index (χ0n) is 10.8. The van der Waals surface area contributed by atoms with Gasteiger partial charge in [-0.15, -0.1) is 0 Å². The Labute approximate surface area is 104 Å². The van der Waals surface area contributed by atoms with E-state index >= 15 is 0 Å². The summed E-state index contributed by atoms with van der Waals surface area (Å²) in [5.74, 6) is 0.700. The molecule has 1 saturated heterocycles. The zero-order valence-corrected chi connectivity index (χ0v) is 10.8. The van der Waals surface area contributed by atoms with Crippen LogP contribution in [0.25, 0.3) is 5.57 Å². The molecule has 0 saturated carbocycles. The van der Waals surface area contributed by atoms with E-state index in [1.807, 2.05) is 0 Å². The highest BCUT2D eigenvalue weighted by Gasteiger charge is 2.43. The first kappa shape index (κ1) is 11.0. The smallest absolute Gasteiger partial charge is 0.00324 e. The predicted molar refractivity (Wildman–Crippen MR) is 73.2 cm³/mol. The Kier molecular flexibility index (Phi) is 2.41. The van der Waals surface area contributed by atoms with E-state index in [0.29, 0.717) is 11.3 Å². The molecule has 90 valence electrons. The second-order valence-corrected chi connectivity index (χ2v) is 5.99. The van der Waals surface area contributed by atoms with Crippen molar-refractivity contribution >= 4 is 5.57 Å². The average molecular weight is 227 g/mol. The summed E-state index contributed by atoms with van der Waals surface area (Å²) in [5, 5.41) is 3.57. The lowest BCUT2D eigenvalue weighted by Crippen LogP contribution is -2.30. The normalized spacial score (nSPS) is 30.8. The van der Waals surface area contributed by atoms with Crippen LogP contribution in [-0.2, 0) is 6.42 Å². The number of fused-ring (bicyclic) bond motifs is 3. The summed E-state index contributed by atoms with van der Waals surface area (Å²) in [5.41, 5.74) is 6.20. The largest absolute Gasteiger partial charge is 0.316 e. The van der Waals surface area contributed by atoms with Gasteiger partial charge in [-0.25, -0.2) is 0 Å². The van der Waals surface area contributed by atoms with Crippen molar-refractivity contribution in [1.82, 2.24) is 5.32 Å². The van der Waals surface area contributed by atoms with E-state index in [9.17, 15) is 0 Å². The van der Waals surface area contributed by atoms with Crippen LogP contribution in [0.5, 0.6) is 0 Å². The van der Waals surface area contributed by atoms with Crippen LogP contribution in [0.4, 0.5) is 0 Å². The predicted octanol–water partition coefficient (Wildman–Crippen LogP) is 3.36. The standard InChI is InChI=1S/C16H21N/c1-11(2)12-5-4-6-14-13(12)7-8-16(3)10-17-9-15(14)16/h4-6,15,17H,1,7-10H2,2-3H3. The molecule has 1 aliphatic heterocycles. The van der Waals surface area contributed by atoms with Crippen molar-refractivity contribution in [3.05, 3.63) is 41.5 Å². The Morgan fingerprint density at radius 3 is 3.06 bits per heavy atom. The number of rotatable bonds is 1. The Balaban J connectivity index is 2.13. The van der Waals surface area contributed by atoms with Crippen molar-refractivity contribution < 1.29 is 0 Å². The molecule has 2 atom stereocenters. The molecule has 0 bridgehead atoms. The third kappa shape index (κ3) is 1.56. The fourth-order valence-corrected chi connectivity index (χ4v) is 3.64. The minimum absolute atomic E-state index is 0.473. The Morgan fingerprint density at radius 1 is 1.47 bits per heavy atom. The molecule has 0 amide bonds. The summed E-state index contributed by atoms with van der Waals surface area (Å²) < 4.78 is 0. The second kappa shape index (κ2) is 3.71. The van der Waals surface area contributed by atoms with Gasteiger partial charge in [-0.05, 0) is 41.9 Å². The lowest BCUT2D eigenvalue weighted by Gasteiger charge is -2.37. The monoisotopic (exact) mass is 227 g/mol. The molecule has 0 spiro atoms. The van der Waals surface area contributed by atoms with E-state index in [-0.39, 0.29) is 0 Å². The lowest BCUT2D eigenvalue weighted by molar-refractivity contribution is 0.277. The SMILES string of the molecule is C=C(C)c1cccc2c1CCC1(C)CNCC21. The number of hydrogen-bond acceptors (Lipinski definition) is 1. The van der Waals surface area contributed by atoms with Crippen molar-refractivity contribution in [2.75, 3.05) is 13.1 Å². The first-order chi connectivity index (χ1) is 8.12. The Bertz CT molecular complexity index is 474. The van der Waals surface area contributed by atoms with Gasteiger partial charge in [-0.2, -0.15) is 0 Å². The summed E-state index contributed by atoms with van der Waals surface area (Å²) in [6, 6.07) is 6.76. The molecule has 1 N–H and O–H groups in total. The van der Waals surface area contributed by atoms with E-state index in [0.717, 1.165) is 6.54 Å². The van der Waals surface area contributed by atoms with Gasteiger partial charge in [-0.1, -0.05) is 37.3 Å². The highest BCUT2D eigenvalue weighted by molar-refractivity contribution is 5.66. The third-order valence-corrected chi connectivity index (χ3v) is 4.71. The molecule has 1 aromatic rings. The van der Waals surface area contributed by atoms with Gasteiger partial charge < -0.3 is 5.32 Å². The first-order valence-electron chi connectivity index (χ1n) is 6.60. The summed E-state index contributed by atoms with van der Waals surface area (Å²) in [7, 11) is 0. The maximum atomic E-state index is 4.12. The topological polar surface area (TPSA) is 12.0 Å². The van der Waals surface area contributed by atoms with Gasteiger partial charge >= 0.3 is 0 Å². The highest BCUT2D eigenvalue weighted by atomic mass is 14.9. The third-order valence-electron chi connectivity index (χ3n) is 4.71. The molecule has 0 radical (unpaired) electrons. The quantitative estimate of drug-likeness (QED) is 0.775. The van der Waals surface area contributed by atoms with Crippen LogP contribution < -0.4 is 5.32 Å². The van der Waals surface area contributed by atoms with Gasteiger partial charge in [0.2, 0.25) is 0 Å². The van der Waals surface area contributed by atoms with Crippen LogP contribution >= 0.6 is 0 Å². The molecule has 1 heteroatoms. The molecule has 1 nitrogen and oxygen atoms in total. The van der Waals surface area contributed by atoms with E-state index in [1.165, 1.54) is 30.5 Å². The minimum Gasteiger partial charge on any atom is -0.316 e. The molecule has 0 aromatic heterocycles. The van der Waals surface area contributed by atoms with Crippen molar-refractivity contribution in [1.29, 1.82) is 0 Å². The molecule has 1 aromatic carbocycles. The van der Waals surface area contributed by atoms with Crippen molar-refractivity contribution in [3.63, 3.8) is 0 Å². The fraction of sp³-hybridized carbons (Fsp3) is 0.500. The second-order valence-electron chi connectivity index (χ2n) is 5.99. The maximum Gasteiger partial charge on any atom is 0.00324 e. The van der Waals surface area contributed by atoms with E-state index < -0.39 is 0 Å². The molecule has 1 heterocycles. The summed E-state index contributed by atoms with van der Waals surface area (Å²) in [6.45, 7) is 11.0. The molecule has 2 unspecified atom stereocenters. The number of benzene rings is 1. The minimum atomic E-state index is 0.473. The Hall–Kier alpha value is -1.08. The van der Waals surface area contributed by atoms with Gasteiger partial charge in [0.05, 0.1) is 0 Å². The van der Waals surface area contributed by atoms with Crippen LogP contribution in [0.15, 0.2) is 24.8 Å². The van der Waals surface area contributed by atoms with Gasteiger partial charge in [0, 0.05) is 19.0 Å². The molecule has 3 rings (SSSR count). The zero-order chi connectivity index (χ0) is 12.0. The fourth-order valence-electron chi connectivity index (χ4n) is 3.64. The number of hydrogen-bond donors (Lipinski definition) is 1. The van der Waals surface area contributed by atoms with Gasteiger partial charge in [0.25, 0.3) is 0 Å². The average Bonchev–Trinajstić information content (AvgIpc) is 2.70. The molecule has 1 fully saturated rings. The summed E-state index contributed by atoms with van der Waals surface area (Å²) >= 11 is 0. The molecular formula is C16H21N. The van der Waals surface area contributed by atoms with Crippen LogP contribution in [0.2, 0.25) is 0 Å². The molecule has 2 aliphatic rings. The van der Waals surface area contributed by atoms with Crippen molar-refractivity contribution in [2.45, 2.75) is 32.6 Å². The highest BCUT2D eigenvalue weighted by Crippen LogP contribution is 2.48. The first-order valence-corrected chi connectivity index (χ1v) is 6.60. The summed E-state index contributed by atoms with van der Waals surface area (Å²) in [4.78, 5) is 0. The van der Waals surface area contributed by atoms with E-state index in [1.54, 1.807) is 11.1 Å². The molecular weight excluding hydrogens is 206 g/mol. The van der Waals surface area contributed by atoms with E-state index in [2.05, 4.69) is 43.9 Å². The number of nitrogens with one attached hydrogen (secondary N) is 1. The van der Waals surface area contributed by atoms with Crippen LogP contribution in [0.1, 0.15) is 42.9 Å². The molecule has 1 aliphatic carbocycles. The van der Waals surface area contributed by atoms with Gasteiger partial charge in [0.1, 0.15) is 0 Å². The van der Waals surface area contributed by atoms with Gasteiger partial charge in [-0.3, -0.25) is 0 Å². The van der Waals surface area contributed by atoms with Gasteiger partial charge in [0.15, 0.2) is 0 Å². The van der Waals surface area contributed by atoms with Crippen molar-refractivity contribution in [2.24, 2.45) is 5.41 Å². The summed E-state index contributed by atoms with van der Waals surface area (Å²) in [6.07, 6.45) is 2.52. The molecule has 17 heavy (non-hydrogen) atoms. The lowest BCUT2D eigenvalue weighted by atomic mass is 9.66. The van der Waals surface area contributed by atoms with Crippen LogP contribution in [0, 0.1) is 5.41 Å². The maximum absolute atomic E-state index is 4.12.